The lowest BCUT2D eigenvalue weighted by Gasteiger charge is -2.33. The van der Waals surface area contributed by atoms with Crippen molar-refractivity contribution < 1.29 is 23.1 Å². The number of anilines is 1. The van der Waals surface area contributed by atoms with E-state index in [-0.39, 0.29) is 5.82 Å². The molecule has 0 atom stereocenters. The van der Waals surface area contributed by atoms with Crippen molar-refractivity contribution in [3.63, 3.8) is 0 Å². The lowest BCUT2D eigenvalue weighted by molar-refractivity contribution is -0.141. The van der Waals surface area contributed by atoms with E-state index >= 15 is 0 Å². The molecule has 1 N–H and O–H groups in total. The van der Waals surface area contributed by atoms with Gasteiger partial charge >= 0.3 is 12.1 Å². The maximum Gasteiger partial charge on any atom is 0.435 e. The number of rotatable bonds is 2. The summed E-state index contributed by atoms with van der Waals surface area (Å²) in [6.45, 7) is 1.22. The van der Waals surface area contributed by atoms with E-state index in [1.54, 1.807) is 4.90 Å². The molecule has 0 radical (unpaired) electrons. The van der Waals surface area contributed by atoms with Gasteiger partial charge in [0.1, 0.15) is 5.56 Å². The highest BCUT2D eigenvalue weighted by atomic mass is 19.4. The van der Waals surface area contributed by atoms with Crippen LogP contribution in [0, 0.1) is 5.41 Å². The summed E-state index contributed by atoms with van der Waals surface area (Å²) in [4.78, 5) is 12.9. The third-order valence-electron chi connectivity index (χ3n) is 4.38. The fraction of sp³-hybridized carbons (Fsp3) is 0.615. The highest BCUT2D eigenvalue weighted by Crippen LogP contribution is 2.53. The summed E-state index contributed by atoms with van der Waals surface area (Å²) in [7, 11) is 0. The zero-order valence-corrected chi connectivity index (χ0v) is 11.2. The summed E-state index contributed by atoms with van der Waals surface area (Å²) in [5.41, 5.74) is -1.33. The number of carboxylic acid groups (broad SMARTS) is 1. The molecule has 1 saturated heterocycles. The lowest BCUT2D eigenvalue weighted by Crippen LogP contribution is -2.36. The van der Waals surface area contributed by atoms with Crippen LogP contribution in [0.3, 0.4) is 0 Å². The van der Waals surface area contributed by atoms with Crippen molar-refractivity contribution >= 4 is 11.8 Å². The first kappa shape index (κ1) is 14.1. The van der Waals surface area contributed by atoms with Gasteiger partial charge in [-0.25, -0.2) is 4.79 Å². The molecule has 1 aromatic heterocycles. The van der Waals surface area contributed by atoms with Gasteiger partial charge in [0.2, 0.25) is 0 Å². The Morgan fingerprint density at radius 3 is 2.29 bits per heavy atom. The molecule has 0 aromatic carbocycles. The molecule has 0 unspecified atom stereocenters. The Hall–Kier alpha value is -1.86. The summed E-state index contributed by atoms with van der Waals surface area (Å²) < 4.78 is 37.8. The normalized spacial score (nSPS) is 20.6. The Balaban J connectivity index is 1.89. The number of aromatic carboxylic acids is 1. The molecule has 2 fully saturated rings. The number of nitrogens with zero attached hydrogens (tertiary/aromatic N) is 3. The SMILES string of the molecule is O=C(O)c1cc(C(F)(F)F)nnc1N1CCC2(CC1)CC2. The van der Waals surface area contributed by atoms with E-state index in [1.165, 1.54) is 12.8 Å². The third-order valence-corrected chi connectivity index (χ3v) is 4.38. The maximum absolute atomic E-state index is 12.6. The standard InChI is InChI=1S/C13H14F3N3O2/c14-13(15,16)9-7-8(11(20)21)10(18-17-9)19-5-3-12(1-2-12)4-6-19/h7H,1-6H2,(H,20,21). The Morgan fingerprint density at radius 2 is 1.81 bits per heavy atom. The van der Waals surface area contributed by atoms with Crippen molar-refractivity contribution in [1.82, 2.24) is 10.2 Å². The van der Waals surface area contributed by atoms with Crippen molar-refractivity contribution in [2.24, 2.45) is 5.41 Å². The summed E-state index contributed by atoms with van der Waals surface area (Å²) in [5.74, 6) is -1.39. The van der Waals surface area contributed by atoms with Crippen LogP contribution < -0.4 is 4.90 Å². The molecular weight excluding hydrogens is 287 g/mol. The molecular formula is C13H14F3N3O2. The van der Waals surface area contributed by atoms with Crippen LogP contribution in [0.5, 0.6) is 0 Å². The minimum absolute atomic E-state index is 0.0333. The molecule has 1 aromatic rings. The molecule has 2 heterocycles. The fourth-order valence-corrected chi connectivity index (χ4v) is 2.78. The molecule has 21 heavy (non-hydrogen) atoms. The van der Waals surface area contributed by atoms with Crippen molar-refractivity contribution in [3.05, 3.63) is 17.3 Å². The predicted molar refractivity (Wildman–Crippen MR) is 67.1 cm³/mol. The zero-order chi connectivity index (χ0) is 15.3. The summed E-state index contributed by atoms with van der Waals surface area (Å²) in [6, 6.07) is 0.562. The van der Waals surface area contributed by atoms with Gasteiger partial charge < -0.3 is 10.0 Å². The highest BCUT2D eigenvalue weighted by molar-refractivity contribution is 5.93. The third kappa shape index (κ3) is 2.66. The van der Waals surface area contributed by atoms with Gasteiger partial charge in [0.05, 0.1) is 0 Å². The van der Waals surface area contributed by atoms with E-state index < -0.39 is 23.4 Å². The lowest BCUT2D eigenvalue weighted by atomic mass is 9.93. The van der Waals surface area contributed by atoms with Gasteiger partial charge in [-0.1, -0.05) is 0 Å². The van der Waals surface area contributed by atoms with Gasteiger partial charge in [-0.2, -0.15) is 13.2 Å². The molecule has 114 valence electrons. The average molecular weight is 301 g/mol. The fourth-order valence-electron chi connectivity index (χ4n) is 2.78. The Bertz CT molecular complexity index is 575. The van der Waals surface area contributed by atoms with E-state index in [2.05, 4.69) is 10.2 Å². The van der Waals surface area contributed by atoms with Crippen LogP contribution in [0.25, 0.3) is 0 Å². The molecule has 8 heteroatoms. The summed E-state index contributed by atoms with van der Waals surface area (Å²) in [5, 5.41) is 15.8. The topological polar surface area (TPSA) is 66.3 Å². The second kappa shape index (κ2) is 4.57. The van der Waals surface area contributed by atoms with Crippen molar-refractivity contribution in [1.29, 1.82) is 0 Å². The molecule has 0 amide bonds. The molecule has 5 nitrogen and oxygen atoms in total. The van der Waals surface area contributed by atoms with E-state index in [9.17, 15) is 18.0 Å². The first-order valence-electron chi connectivity index (χ1n) is 6.74. The second-order valence-electron chi connectivity index (χ2n) is 5.76. The molecule has 1 saturated carbocycles. The number of carbonyl (C=O) groups is 1. The number of hydrogen-bond donors (Lipinski definition) is 1. The van der Waals surface area contributed by atoms with Gasteiger partial charge in [0.25, 0.3) is 0 Å². The van der Waals surface area contributed by atoms with Crippen molar-refractivity contribution in [2.75, 3.05) is 18.0 Å². The van der Waals surface area contributed by atoms with Crippen LogP contribution in [-0.2, 0) is 6.18 Å². The van der Waals surface area contributed by atoms with E-state index in [4.69, 9.17) is 5.11 Å². The maximum atomic E-state index is 12.6. The molecule has 0 bridgehead atoms. The van der Waals surface area contributed by atoms with Gasteiger partial charge in [-0.3, -0.25) is 0 Å². The first-order chi connectivity index (χ1) is 9.81. The number of piperidine rings is 1. The van der Waals surface area contributed by atoms with Gasteiger partial charge in [0, 0.05) is 13.1 Å². The Morgan fingerprint density at radius 1 is 1.19 bits per heavy atom. The second-order valence-corrected chi connectivity index (χ2v) is 5.76. The Labute approximate surface area is 118 Å². The van der Waals surface area contributed by atoms with Crippen LogP contribution in [0.4, 0.5) is 19.0 Å². The van der Waals surface area contributed by atoms with Gasteiger partial charge in [-0.15, -0.1) is 10.2 Å². The minimum atomic E-state index is -4.70. The van der Waals surface area contributed by atoms with E-state index in [0.29, 0.717) is 24.6 Å². The van der Waals surface area contributed by atoms with Gasteiger partial charge in [-0.05, 0) is 37.2 Å². The zero-order valence-electron chi connectivity index (χ0n) is 11.2. The molecule has 3 rings (SSSR count). The largest absolute Gasteiger partial charge is 0.478 e. The van der Waals surface area contributed by atoms with Crippen LogP contribution in [0.15, 0.2) is 6.07 Å². The predicted octanol–water partition coefficient (Wildman–Crippen LogP) is 2.57. The molecule has 1 spiro atoms. The van der Waals surface area contributed by atoms with E-state index in [0.717, 1.165) is 12.8 Å². The molecule has 1 aliphatic carbocycles. The van der Waals surface area contributed by atoms with E-state index in [1.807, 2.05) is 0 Å². The van der Waals surface area contributed by atoms with Crippen LogP contribution in [-0.4, -0.2) is 34.4 Å². The summed E-state index contributed by atoms with van der Waals surface area (Å²) >= 11 is 0. The highest BCUT2D eigenvalue weighted by Gasteiger charge is 2.45. The Kier molecular flexibility index (Phi) is 3.07. The van der Waals surface area contributed by atoms with Crippen LogP contribution in [0.1, 0.15) is 41.7 Å². The van der Waals surface area contributed by atoms with Gasteiger partial charge in [0.15, 0.2) is 11.5 Å². The first-order valence-corrected chi connectivity index (χ1v) is 6.74. The molecule has 2 aliphatic rings. The van der Waals surface area contributed by atoms with Crippen molar-refractivity contribution in [2.45, 2.75) is 31.9 Å². The number of aromatic nitrogens is 2. The number of carboxylic acids is 1. The number of hydrogen-bond acceptors (Lipinski definition) is 4. The smallest absolute Gasteiger partial charge is 0.435 e. The molecule has 1 aliphatic heterocycles. The summed E-state index contributed by atoms with van der Waals surface area (Å²) in [6.07, 6.45) is -0.476. The number of halogens is 3. The minimum Gasteiger partial charge on any atom is -0.478 e. The monoisotopic (exact) mass is 301 g/mol. The average Bonchev–Trinajstić information content (AvgIpc) is 3.17. The van der Waals surface area contributed by atoms with Crippen LogP contribution >= 0.6 is 0 Å². The quantitative estimate of drug-likeness (QED) is 0.909. The van der Waals surface area contributed by atoms with Crippen LogP contribution in [0.2, 0.25) is 0 Å². The number of alkyl halides is 3. The van der Waals surface area contributed by atoms with Crippen molar-refractivity contribution in [3.8, 4) is 0 Å².